The number of rotatable bonds is 2. The van der Waals surface area contributed by atoms with Gasteiger partial charge in [0.1, 0.15) is 6.10 Å². The lowest BCUT2D eigenvalue weighted by atomic mass is 9.48. The molecule has 132 valence electrons. The van der Waals surface area contributed by atoms with Gasteiger partial charge in [0.05, 0.1) is 11.0 Å². The average molecular weight is 339 g/mol. The number of nitrogens with zero attached hydrogens (tertiary/aromatic N) is 1. The summed E-state index contributed by atoms with van der Waals surface area (Å²) in [5.74, 6) is 1.64. The van der Waals surface area contributed by atoms with E-state index in [0.717, 1.165) is 55.8 Å². The van der Waals surface area contributed by atoms with Crippen LogP contribution in [0.15, 0.2) is 24.3 Å². The maximum atomic E-state index is 12.1. The zero-order chi connectivity index (χ0) is 17.0. The highest BCUT2D eigenvalue weighted by Crippen LogP contribution is 2.66. The van der Waals surface area contributed by atoms with Crippen LogP contribution in [0.3, 0.4) is 0 Å². The van der Waals surface area contributed by atoms with E-state index in [-0.39, 0.29) is 17.9 Å². The maximum absolute atomic E-state index is 12.1. The van der Waals surface area contributed by atoms with E-state index in [1.54, 1.807) is 6.07 Å². The summed E-state index contributed by atoms with van der Waals surface area (Å²) in [5.41, 5.74) is 2.21. The van der Waals surface area contributed by atoms with Crippen molar-refractivity contribution < 1.29 is 14.9 Å². The van der Waals surface area contributed by atoms with E-state index in [2.05, 4.69) is 11.5 Å². The monoisotopic (exact) mass is 339 g/mol. The molecule has 0 amide bonds. The summed E-state index contributed by atoms with van der Waals surface area (Å²) in [4.78, 5) is 2.56. The van der Waals surface area contributed by atoms with Crippen LogP contribution in [0.25, 0.3) is 0 Å². The number of phenolic OH excluding ortho intramolecular Hbond substituents is 1. The van der Waals surface area contributed by atoms with Gasteiger partial charge in [0.15, 0.2) is 11.5 Å². The Morgan fingerprint density at radius 1 is 1.28 bits per heavy atom. The number of benzene rings is 1. The Bertz CT molecular complexity index is 801. The fourth-order valence-electron chi connectivity index (χ4n) is 6.39. The largest absolute Gasteiger partial charge is 0.504 e. The van der Waals surface area contributed by atoms with Crippen LogP contribution in [-0.4, -0.2) is 45.9 Å². The first-order valence-corrected chi connectivity index (χ1v) is 9.71. The molecule has 0 radical (unpaired) electrons. The van der Waals surface area contributed by atoms with Crippen LogP contribution >= 0.6 is 0 Å². The molecule has 4 atom stereocenters. The van der Waals surface area contributed by atoms with Gasteiger partial charge in [-0.25, -0.2) is 0 Å². The molecule has 3 fully saturated rings. The number of piperidine rings is 1. The van der Waals surface area contributed by atoms with Gasteiger partial charge in [-0.2, -0.15) is 0 Å². The van der Waals surface area contributed by atoms with Gasteiger partial charge in [0.25, 0.3) is 0 Å². The van der Waals surface area contributed by atoms with Crippen molar-refractivity contribution in [2.24, 2.45) is 5.92 Å². The number of phenols is 1. The Morgan fingerprint density at radius 2 is 2.12 bits per heavy atom. The summed E-state index contributed by atoms with van der Waals surface area (Å²) in [6.07, 6.45) is 5.79. The SMILES string of the molecule is C=C1CC[C@@]2(O)[C@H]3Cc4ccc(O)c5c4C2(CCN3CC2CC2)[C@H]1O5. The zero-order valence-corrected chi connectivity index (χ0v) is 14.5. The summed E-state index contributed by atoms with van der Waals surface area (Å²) in [6, 6.07) is 3.96. The van der Waals surface area contributed by atoms with Crippen molar-refractivity contribution >= 4 is 0 Å². The van der Waals surface area contributed by atoms with Crippen LogP contribution in [-0.2, 0) is 11.8 Å². The Labute approximate surface area is 148 Å². The highest BCUT2D eigenvalue weighted by atomic mass is 16.5. The highest BCUT2D eigenvalue weighted by Gasteiger charge is 2.71. The summed E-state index contributed by atoms with van der Waals surface area (Å²) in [5, 5.41) is 22.5. The Kier molecular flexibility index (Phi) is 2.58. The van der Waals surface area contributed by atoms with Crippen molar-refractivity contribution in [1.82, 2.24) is 4.90 Å². The van der Waals surface area contributed by atoms with E-state index in [4.69, 9.17) is 4.74 Å². The van der Waals surface area contributed by atoms with Gasteiger partial charge < -0.3 is 14.9 Å². The van der Waals surface area contributed by atoms with Crippen molar-refractivity contribution in [3.8, 4) is 11.5 Å². The smallest absolute Gasteiger partial charge is 0.166 e. The van der Waals surface area contributed by atoms with Gasteiger partial charge in [-0.15, -0.1) is 0 Å². The van der Waals surface area contributed by atoms with Gasteiger partial charge >= 0.3 is 0 Å². The van der Waals surface area contributed by atoms with Crippen molar-refractivity contribution in [2.75, 3.05) is 13.1 Å². The molecule has 4 nitrogen and oxygen atoms in total. The summed E-state index contributed by atoms with van der Waals surface area (Å²) < 4.78 is 6.29. The molecule has 5 aliphatic rings. The first-order chi connectivity index (χ1) is 12.0. The molecule has 25 heavy (non-hydrogen) atoms. The summed E-state index contributed by atoms with van der Waals surface area (Å²) >= 11 is 0. The lowest BCUT2D eigenvalue weighted by Gasteiger charge is -2.63. The third-order valence-corrected chi connectivity index (χ3v) is 7.71. The molecule has 2 bridgehead atoms. The Hall–Kier alpha value is -1.52. The molecule has 2 heterocycles. The van der Waals surface area contributed by atoms with Crippen LogP contribution in [0.5, 0.6) is 11.5 Å². The van der Waals surface area contributed by atoms with E-state index >= 15 is 0 Å². The first-order valence-electron chi connectivity index (χ1n) is 9.71. The molecule has 0 aromatic heterocycles. The second kappa shape index (κ2) is 4.41. The van der Waals surface area contributed by atoms with Gasteiger partial charge in [0.2, 0.25) is 0 Å². The summed E-state index contributed by atoms with van der Waals surface area (Å²) in [7, 11) is 0. The van der Waals surface area contributed by atoms with E-state index in [1.807, 2.05) is 6.07 Å². The summed E-state index contributed by atoms with van der Waals surface area (Å²) in [6.45, 7) is 6.40. The van der Waals surface area contributed by atoms with E-state index in [0.29, 0.717) is 5.75 Å². The third-order valence-electron chi connectivity index (χ3n) is 7.71. The van der Waals surface area contributed by atoms with Gasteiger partial charge in [-0.1, -0.05) is 12.6 Å². The standard InChI is InChI=1S/C21H25NO3/c1-12-6-7-21(24)16-10-14-4-5-15(23)18-17(14)20(21,19(12)25-18)8-9-22(16)11-13-2-3-13/h4-5,13,16,19,23-24H,1-3,6-11H2/t16-,19+,20?,21-/m1/s1. The number of aromatic hydroxyl groups is 1. The maximum Gasteiger partial charge on any atom is 0.166 e. The van der Waals surface area contributed by atoms with Crippen LogP contribution in [0, 0.1) is 5.92 Å². The molecule has 1 saturated heterocycles. The number of likely N-dealkylation sites (tertiary alicyclic amines) is 1. The topological polar surface area (TPSA) is 52.9 Å². The molecule has 1 unspecified atom stereocenters. The predicted molar refractivity (Wildman–Crippen MR) is 93.9 cm³/mol. The number of hydrogen-bond acceptors (Lipinski definition) is 4. The molecular formula is C21H25NO3. The molecule has 4 heteroatoms. The molecule has 1 aromatic rings. The van der Waals surface area contributed by atoms with Crippen LogP contribution in [0.2, 0.25) is 0 Å². The quantitative estimate of drug-likeness (QED) is 0.813. The second-order valence-electron chi connectivity index (χ2n) is 8.91. The third kappa shape index (κ3) is 1.57. The highest BCUT2D eigenvalue weighted by molar-refractivity contribution is 5.63. The van der Waals surface area contributed by atoms with Crippen LogP contribution < -0.4 is 4.74 Å². The molecule has 2 saturated carbocycles. The number of aliphatic hydroxyl groups is 1. The van der Waals surface area contributed by atoms with Crippen molar-refractivity contribution in [1.29, 1.82) is 0 Å². The molecule has 2 N–H and O–H groups in total. The van der Waals surface area contributed by atoms with Crippen LogP contribution in [0.1, 0.15) is 43.2 Å². The molecule has 3 aliphatic carbocycles. The lowest BCUT2D eigenvalue weighted by molar-refractivity contribution is -0.174. The van der Waals surface area contributed by atoms with Crippen molar-refractivity contribution in [3.63, 3.8) is 0 Å². The number of ether oxygens (including phenoxy) is 1. The van der Waals surface area contributed by atoms with Gasteiger partial charge in [0, 0.05) is 18.2 Å². The minimum absolute atomic E-state index is 0.157. The lowest BCUT2D eigenvalue weighted by Crippen LogP contribution is -2.75. The predicted octanol–water partition coefficient (Wildman–Crippen LogP) is 2.51. The zero-order valence-electron chi connectivity index (χ0n) is 14.5. The molecule has 1 aromatic carbocycles. The fourth-order valence-corrected chi connectivity index (χ4v) is 6.39. The van der Waals surface area contributed by atoms with Crippen molar-refractivity contribution in [2.45, 2.75) is 61.7 Å². The average Bonchev–Trinajstić information content (AvgIpc) is 3.32. The molecule has 2 aliphatic heterocycles. The minimum Gasteiger partial charge on any atom is -0.504 e. The van der Waals surface area contributed by atoms with E-state index in [9.17, 15) is 10.2 Å². The molecule has 1 spiro atoms. The van der Waals surface area contributed by atoms with Gasteiger partial charge in [-0.3, -0.25) is 4.90 Å². The first kappa shape index (κ1) is 14.6. The normalized spacial score (nSPS) is 41.4. The Balaban J connectivity index is 1.58. The Morgan fingerprint density at radius 3 is 2.92 bits per heavy atom. The number of hydrogen-bond donors (Lipinski definition) is 2. The molecular weight excluding hydrogens is 314 g/mol. The van der Waals surface area contributed by atoms with E-state index < -0.39 is 11.0 Å². The van der Waals surface area contributed by atoms with Crippen LogP contribution in [0.4, 0.5) is 0 Å². The van der Waals surface area contributed by atoms with E-state index in [1.165, 1.54) is 18.4 Å². The second-order valence-corrected chi connectivity index (χ2v) is 8.91. The fraction of sp³-hybridized carbons (Fsp3) is 0.619. The van der Waals surface area contributed by atoms with Crippen molar-refractivity contribution in [3.05, 3.63) is 35.4 Å². The minimum atomic E-state index is -0.780. The van der Waals surface area contributed by atoms with Gasteiger partial charge in [-0.05, 0) is 68.2 Å². The molecule has 6 rings (SSSR count).